The van der Waals surface area contributed by atoms with Crippen molar-refractivity contribution in [3.63, 3.8) is 0 Å². The third kappa shape index (κ3) is 5.41. The largest absolute Gasteiger partial charge is 0.384 e. The van der Waals surface area contributed by atoms with Crippen LogP contribution in [0.25, 0.3) is 22.0 Å². The SMILES string of the molecule is CC1CCCC(C)N1CCCCCCn1c(=O)c(-c2cccc(C(=N)N)c2)cc2ccccc21. The number of nitrogens with zero attached hydrogens (tertiary/aromatic N) is 2. The molecule has 2 aromatic carbocycles. The molecule has 180 valence electrons. The summed E-state index contributed by atoms with van der Waals surface area (Å²) in [6.45, 7) is 6.64. The molecule has 4 rings (SSSR count). The number of fused-ring (bicyclic) bond motifs is 1. The highest BCUT2D eigenvalue weighted by Gasteiger charge is 2.23. The van der Waals surface area contributed by atoms with Gasteiger partial charge in [-0.3, -0.25) is 15.1 Å². The number of aryl methyl sites for hydroxylation is 1. The molecule has 0 spiro atoms. The summed E-state index contributed by atoms with van der Waals surface area (Å²) in [6, 6.07) is 18.9. The van der Waals surface area contributed by atoms with E-state index in [4.69, 9.17) is 11.1 Å². The molecular formula is C29H38N4O. The molecule has 0 bridgehead atoms. The van der Waals surface area contributed by atoms with E-state index in [9.17, 15) is 4.79 Å². The Morgan fingerprint density at radius 1 is 0.941 bits per heavy atom. The average Bonchev–Trinajstić information content (AvgIpc) is 2.83. The van der Waals surface area contributed by atoms with E-state index < -0.39 is 0 Å². The summed E-state index contributed by atoms with van der Waals surface area (Å²) in [5, 5.41) is 8.80. The number of aromatic nitrogens is 1. The number of hydrogen-bond donors (Lipinski definition) is 2. The lowest BCUT2D eigenvalue weighted by Crippen LogP contribution is -2.44. The van der Waals surface area contributed by atoms with Crippen LogP contribution in [0.3, 0.4) is 0 Å². The number of likely N-dealkylation sites (tertiary alicyclic amines) is 1. The first kappa shape index (κ1) is 24.2. The molecule has 3 aromatic rings. The van der Waals surface area contributed by atoms with Crippen molar-refractivity contribution in [2.24, 2.45) is 5.73 Å². The summed E-state index contributed by atoms with van der Waals surface area (Å²) in [6.07, 6.45) is 8.55. The topological polar surface area (TPSA) is 75.1 Å². The van der Waals surface area contributed by atoms with Gasteiger partial charge in [-0.05, 0) is 75.2 Å². The number of nitrogens with two attached hydrogens (primary N) is 1. The van der Waals surface area contributed by atoms with Crippen LogP contribution < -0.4 is 11.3 Å². The van der Waals surface area contributed by atoms with Crippen LogP contribution in [-0.4, -0.2) is 33.9 Å². The number of nitrogen functional groups attached to an aromatic ring is 1. The third-order valence-electron chi connectivity index (χ3n) is 7.41. The molecule has 1 saturated heterocycles. The van der Waals surface area contributed by atoms with Crippen molar-refractivity contribution in [3.05, 3.63) is 70.5 Å². The summed E-state index contributed by atoms with van der Waals surface area (Å²) in [7, 11) is 0. The number of para-hydroxylation sites is 1. The van der Waals surface area contributed by atoms with Gasteiger partial charge < -0.3 is 10.3 Å². The highest BCUT2D eigenvalue weighted by molar-refractivity contribution is 5.96. The van der Waals surface area contributed by atoms with Crippen molar-refractivity contribution in [2.45, 2.75) is 77.4 Å². The highest BCUT2D eigenvalue weighted by Crippen LogP contribution is 2.24. The number of pyridine rings is 1. The Kier molecular flexibility index (Phi) is 7.84. The summed E-state index contributed by atoms with van der Waals surface area (Å²) >= 11 is 0. The van der Waals surface area contributed by atoms with Crippen molar-refractivity contribution in [1.29, 1.82) is 5.41 Å². The first-order valence-electron chi connectivity index (χ1n) is 12.8. The van der Waals surface area contributed by atoms with Crippen LogP contribution in [0.5, 0.6) is 0 Å². The molecule has 1 aromatic heterocycles. The van der Waals surface area contributed by atoms with Crippen molar-refractivity contribution in [1.82, 2.24) is 9.47 Å². The molecule has 1 aliphatic heterocycles. The zero-order valence-electron chi connectivity index (χ0n) is 20.6. The van der Waals surface area contributed by atoms with Crippen LogP contribution in [0.1, 0.15) is 64.4 Å². The van der Waals surface area contributed by atoms with E-state index in [1.807, 2.05) is 47.0 Å². The number of unbranched alkanes of at least 4 members (excludes halogenated alkanes) is 3. The lowest BCUT2D eigenvalue weighted by atomic mass is 9.97. The Morgan fingerprint density at radius 2 is 1.65 bits per heavy atom. The van der Waals surface area contributed by atoms with Crippen molar-refractivity contribution in [2.75, 3.05) is 6.54 Å². The van der Waals surface area contributed by atoms with Crippen LogP contribution >= 0.6 is 0 Å². The zero-order valence-corrected chi connectivity index (χ0v) is 20.6. The molecule has 1 fully saturated rings. The number of rotatable bonds is 9. The number of amidine groups is 1. The maximum absolute atomic E-state index is 13.5. The van der Waals surface area contributed by atoms with Gasteiger partial charge in [0.2, 0.25) is 0 Å². The molecule has 1 aliphatic rings. The smallest absolute Gasteiger partial charge is 0.258 e. The number of nitrogens with one attached hydrogen (secondary N) is 1. The van der Waals surface area contributed by atoms with Crippen LogP contribution in [0.2, 0.25) is 0 Å². The van der Waals surface area contributed by atoms with Crippen molar-refractivity contribution >= 4 is 16.7 Å². The average molecular weight is 459 g/mol. The number of piperidine rings is 1. The second-order valence-electron chi connectivity index (χ2n) is 9.85. The van der Waals surface area contributed by atoms with E-state index in [1.54, 1.807) is 6.07 Å². The third-order valence-corrected chi connectivity index (χ3v) is 7.41. The predicted octanol–water partition coefficient (Wildman–Crippen LogP) is 5.78. The maximum atomic E-state index is 13.5. The molecule has 2 unspecified atom stereocenters. The molecule has 5 nitrogen and oxygen atoms in total. The first-order valence-corrected chi connectivity index (χ1v) is 12.8. The molecule has 2 atom stereocenters. The second kappa shape index (κ2) is 11.0. The monoisotopic (exact) mass is 458 g/mol. The fraction of sp³-hybridized carbons (Fsp3) is 0.448. The minimum atomic E-state index is 0.0105. The van der Waals surface area contributed by atoms with Gasteiger partial charge >= 0.3 is 0 Å². The van der Waals surface area contributed by atoms with Gasteiger partial charge in [0.15, 0.2) is 0 Å². The van der Waals surface area contributed by atoms with Gasteiger partial charge in [0, 0.05) is 29.8 Å². The van der Waals surface area contributed by atoms with E-state index >= 15 is 0 Å². The summed E-state index contributed by atoms with van der Waals surface area (Å²) in [5.74, 6) is 0.0105. The first-order chi connectivity index (χ1) is 16.5. The maximum Gasteiger partial charge on any atom is 0.258 e. The molecule has 5 heteroatoms. The van der Waals surface area contributed by atoms with Gasteiger partial charge in [0.05, 0.1) is 5.52 Å². The highest BCUT2D eigenvalue weighted by atomic mass is 16.1. The van der Waals surface area contributed by atoms with Crippen molar-refractivity contribution < 1.29 is 0 Å². The summed E-state index contributed by atoms with van der Waals surface area (Å²) in [4.78, 5) is 16.2. The van der Waals surface area contributed by atoms with Crippen molar-refractivity contribution in [3.8, 4) is 11.1 Å². The van der Waals surface area contributed by atoms with Crippen LogP contribution in [0.15, 0.2) is 59.4 Å². The molecule has 0 saturated carbocycles. The Balaban J connectivity index is 1.46. The Labute approximate surface area is 203 Å². The summed E-state index contributed by atoms with van der Waals surface area (Å²) in [5.41, 5.74) is 8.79. The van der Waals surface area contributed by atoms with E-state index in [-0.39, 0.29) is 11.4 Å². The standard InChI is InChI=1S/C29H38N4O/c1-21-11-9-12-22(2)32(21)17-7-3-4-8-18-33-27-16-6-5-13-24(27)20-26(29(33)34)23-14-10-15-25(19-23)28(30)31/h5-6,10,13-16,19-22H,3-4,7-9,11-12,17-18H2,1-2H3,(H3,30,31). The Hall–Kier alpha value is -2.92. The molecule has 3 N–H and O–H groups in total. The quantitative estimate of drug-likeness (QED) is 0.243. The van der Waals surface area contributed by atoms with Crippen LogP contribution in [-0.2, 0) is 6.54 Å². The molecule has 0 amide bonds. The number of benzene rings is 2. The fourth-order valence-corrected chi connectivity index (χ4v) is 5.44. The van der Waals surface area contributed by atoms with Crippen LogP contribution in [0, 0.1) is 5.41 Å². The normalized spacial score (nSPS) is 18.9. The van der Waals surface area contributed by atoms with E-state index in [1.165, 1.54) is 38.6 Å². The van der Waals surface area contributed by atoms with Gasteiger partial charge in [0.25, 0.3) is 5.56 Å². The Bertz CT molecular complexity index is 1190. The second-order valence-corrected chi connectivity index (χ2v) is 9.85. The lowest BCUT2D eigenvalue weighted by Gasteiger charge is -2.39. The Morgan fingerprint density at radius 3 is 2.38 bits per heavy atom. The molecule has 0 radical (unpaired) electrons. The van der Waals surface area contributed by atoms with Gasteiger partial charge in [-0.2, -0.15) is 0 Å². The zero-order chi connectivity index (χ0) is 24.1. The van der Waals surface area contributed by atoms with Gasteiger partial charge in [-0.1, -0.05) is 55.7 Å². The minimum Gasteiger partial charge on any atom is -0.384 e. The molecule has 34 heavy (non-hydrogen) atoms. The number of hydrogen-bond acceptors (Lipinski definition) is 3. The molecule has 0 aliphatic carbocycles. The minimum absolute atomic E-state index is 0.0105. The predicted molar refractivity (Wildman–Crippen MR) is 143 cm³/mol. The van der Waals surface area contributed by atoms with E-state index in [2.05, 4.69) is 24.8 Å². The van der Waals surface area contributed by atoms with Gasteiger partial charge in [0.1, 0.15) is 5.84 Å². The molecular weight excluding hydrogens is 420 g/mol. The van der Waals surface area contributed by atoms with E-state index in [0.29, 0.717) is 23.2 Å². The van der Waals surface area contributed by atoms with Gasteiger partial charge in [-0.25, -0.2) is 0 Å². The van der Waals surface area contributed by atoms with Gasteiger partial charge in [-0.15, -0.1) is 0 Å². The van der Waals surface area contributed by atoms with E-state index in [0.717, 1.165) is 35.9 Å². The fourth-order valence-electron chi connectivity index (χ4n) is 5.44. The summed E-state index contributed by atoms with van der Waals surface area (Å²) < 4.78 is 1.93. The lowest BCUT2D eigenvalue weighted by molar-refractivity contribution is 0.101. The van der Waals surface area contributed by atoms with Crippen LogP contribution in [0.4, 0.5) is 0 Å². The molecule has 2 heterocycles.